The van der Waals surface area contributed by atoms with Crippen LogP contribution in [0.2, 0.25) is 0 Å². The largest absolute Gasteiger partial charge is 0.322 e. The second-order valence-corrected chi connectivity index (χ2v) is 8.27. The molecule has 0 aliphatic heterocycles. The molecule has 0 heterocycles. The maximum Gasteiger partial charge on any atom is 0.255 e. The summed E-state index contributed by atoms with van der Waals surface area (Å²) in [5, 5.41) is 2.98. The highest BCUT2D eigenvalue weighted by molar-refractivity contribution is 6.04. The molecule has 0 spiro atoms. The Kier molecular flexibility index (Phi) is 6.63. The number of hydrogen-bond acceptors (Lipinski definition) is 1. The molecule has 1 amide bonds. The van der Waals surface area contributed by atoms with Gasteiger partial charge in [-0.3, -0.25) is 4.79 Å². The molecule has 0 saturated heterocycles. The van der Waals surface area contributed by atoms with E-state index in [2.05, 4.69) is 96.3 Å². The van der Waals surface area contributed by atoms with Gasteiger partial charge in [0.2, 0.25) is 0 Å². The molecule has 35 heavy (non-hydrogen) atoms. The van der Waals surface area contributed by atoms with Crippen molar-refractivity contribution in [3.8, 4) is 11.1 Å². The van der Waals surface area contributed by atoms with Gasteiger partial charge in [-0.25, -0.2) is 0 Å². The highest BCUT2D eigenvalue weighted by Crippen LogP contribution is 2.31. The van der Waals surface area contributed by atoms with E-state index in [0.717, 1.165) is 22.4 Å². The number of amides is 1. The third-order valence-corrected chi connectivity index (χ3v) is 5.92. The van der Waals surface area contributed by atoms with Crippen molar-refractivity contribution in [2.75, 3.05) is 5.32 Å². The maximum atomic E-state index is 12.5. The second-order valence-electron chi connectivity index (χ2n) is 8.27. The Bertz CT molecular complexity index is 1400. The van der Waals surface area contributed by atoms with Crippen molar-refractivity contribution >= 4 is 23.2 Å². The van der Waals surface area contributed by atoms with Crippen molar-refractivity contribution in [2.24, 2.45) is 0 Å². The molecule has 0 saturated carbocycles. The Hall–Kier alpha value is -4.69. The van der Waals surface area contributed by atoms with Crippen LogP contribution >= 0.6 is 0 Å². The molecule has 0 aromatic heterocycles. The molecule has 0 radical (unpaired) electrons. The van der Waals surface area contributed by atoms with E-state index in [1.54, 1.807) is 0 Å². The predicted molar refractivity (Wildman–Crippen MR) is 146 cm³/mol. The van der Waals surface area contributed by atoms with E-state index >= 15 is 0 Å². The van der Waals surface area contributed by atoms with Gasteiger partial charge >= 0.3 is 0 Å². The van der Waals surface area contributed by atoms with Gasteiger partial charge in [-0.05, 0) is 63.7 Å². The van der Waals surface area contributed by atoms with Gasteiger partial charge in [0.15, 0.2) is 0 Å². The third-order valence-electron chi connectivity index (χ3n) is 5.92. The van der Waals surface area contributed by atoms with E-state index in [4.69, 9.17) is 0 Å². The van der Waals surface area contributed by atoms with Crippen molar-refractivity contribution in [1.82, 2.24) is 0 Å². The minimum Gasteiger partial charge on any atom is -0.322 e. The van der Waals surface area contributed by atoms with Crippen molar-refractivity contribution < 1.29 is 4.79 Å². The minimum atomic E-state index is -0.114. The SMILES string of the molecule is O=C(Nc1ccc(-c2ccccc2C=C(c2ccccc2)c2ccccc2)cc1)c1ccccc1. The Balaban J connectivity index is 1.48. The van der Waals surface area contributed by atoms with Crippen LogP contribution in [0.1, 0.15) is 27.0 Å². The average Bonchev–Trinajstić information content (AvgIpc) is 2.94. The topological polar surface area (TPSA) is 29.1 Å². The minimum absolute atomic E-state index is 0.114. The Morgan fingerprint density at radius 3 is 1.57 bits per heavy atom. The zero-order valence-corrected chi connectivity index (χ0v) is 19.3. The van der Waals surface area contributed by atoms with Crippen LogP contribution in [0.25, 0.3) is 22.8 Å². The quantitative estimate of drug-likeness (QED) is 0.259. The van der Waals surface area contributed by atoms with E-state index in [1.807, 2.05) is 54.6 Å². The zero-order valence-electron chi connectivity index (χ0n) is 19.3. The Morgan fingerprint density at radius 1 is 0.514 bits per heavy atom. The fraction of sp³-hybridized carbons (Fsp3) is 0. The summed E-state index contributed by atoms with van der Waals surface area (Å²) in [6.45, 7) is 0. The van der Waals surface area contributed by atoms with Gasteiger partial charge in [-0.1, -0.05) is 115 Å². The first-order chi connectivity index (χ1) is 17.3. The lowest BCUT2D eigenvalue weighted by molar-refractivity contribution is 0.102. The van der Waals surface area contributed by atoms with E-state index < -0.39 is 0 Å². The smallest absolute Gasteiger partial charge is 0.255 e. The standard InChI is InChI=1S/C33H25NO/c35-33(28-16-8-3-9-17-28)34-30-22-20-27(21-23-30)31-19-11-10-18-29(31)24-32(25-12-4-1-5-13-25)26-14-6-2-7-15-26/h1-24H,(H,34,35). The Morgan fingerprint density at radius 2 is 1.00 bits per heavy atom. The number of benzene rings is 5. The van der Waals surface area contributed by atoms with Crippen LogP contribution in [0.15, 0.2) is 140 Å². The molecule has 5 aromatic rings. The van der Waals surface area contributed by atoms with Crippen LogP contribution in [0, 0.1) is 0 Å². The molecule has 1 N–H and O–H groups in total. The fourth-order valence-corrected chi connectivity index (χ4v) is 4.14. The monoisotopic (exact) mass is 451 g/mol. The normalized spacial score (nSPS) is 10.4. The summed E-state index contributed by atoms with van der Waals surface area (Å²) in [6.07, 6.45) is 2.26. The highest BCUT2D eigenvalue weighted by atomic mass is 16.1. The average molecular weight is 452 g/mol. The van der Waals surface area contributed by atoms with E-state index in [0.29, 0.717) is 5.56 Å². The molecule has 5 aromatic carbocycles. The number of rotatable bonds is 6. The van der Waals surface area contributed by atoms with Gasteiger partial charge in [-0.2, -0.15) is 0 Å². The van der Waals surface area contributed by atoms with Crippen LogP contribution in [0.4, 0.5) is 5.69 Å². The first kappa shape index (κ1) is 22.1. The lowest BCUT2D eigenvalue weighted by atomic mass is 9.92. The summed E-state index contributed by atoms with van der Waals surface area (Å²) < 4.78 is 0. The summed E-state index contributed by atoms with van der Waals surface area (Å²) >= 11 is 0. The van der Waals surface area contributed by atoms with Crippen molar-refractivity contribution in [3.05, 3.63) is 162 Å². The van der Waals surface area contributed by atoms with Crippen LogP contribution in [-0.4, -0.2) is 5.91 Å². The van der Waals surface area contributed by atoms with E-state index in [9.17, 15) is 4.79 Å². The molecule has 0 atom stereocenters. The summed E-state index contributed by atoms with van der Waals surface area (Å²) in [6, 6.07) is 46.6. The first-order valence-corrected chi connectivity index (χ1v) is 11.7. The summed E-state index contributed by atoms with van der Waals surface area (Å²) in [4.78, 5) is 12.5. The number of anilines is 1. The van der Waals surface area contributed by atoms with Gasteiger partial charge in [0.05, 0.1) is 0 Å². The van der Waals surface area contributed by atoms with Gasteiger partial charge in [0.25, 0.3) is 5.91 Å². The van der Waals surface area contributed by atoms with Crippen LogP contribution in [-0.2, 0) is 0 Å². The molecule has 168 valence electrons. The number of carbonyl (C=O) groups is 1. The van der Waals surface area contributed by atoms with Gasteiger partial charge in [0, 0.05) is 11.3 Å². The van der Waals surface area contributed by atoms with Gasteiger partial charge < -0.3 is 5.32 Å². The predicted octanol–water partition coefficient (Wildman–Crippen LogP) is 8.19. The van der Waals surface area contributed by atoms with Crippen molar-refractivity contribution in [2.45, 2.75) is 0 Å². The van der Waals surface area contributed by atoms with Crippen LogP contribution in [0.5, 0.6) is 0 Å². The lowest BCUT2D eigenvalue weighted by Crippen LogP contribution is -2.11. The molecule has 2 nitrogen and oxygen atoms in total. The molecule has 0 aliphatic rings. The molecule has 0 aliphatic carbocycles. The van der Waals surface area contributed by atoms with Gasteiger partial charge in [0.1, 0.15) is 0 Å². The number of carbonyl (C=O) groups excluding carboxylic acids is 1. The third kappa shape index (κ3) is 5.29. The molecular formula is C33H25NO. The molecule has 5 rings (SSSR count). The lowest BCUT2D eigenvalue weighted by Gasteiger charge is -2.12. The maximum absolute atomic E-state index is 12.5. The van der Waals surface area contributed by atoms with Crippen LogP contribution < -0.4 is 5.32 Å². The number of nitrogens with one attached hydrogen (secondary N) is 1. The summed E-state index contributed by atoms with van der Waals surface area (Å²) in [5.41, 5.74) is 8.29. The van der Waals surface area contributed by atoms with Crippen molar-refractivity contribution in [3.63, 3.8) is 0 Å². The van der Waals surface area contributed by atoms with E-state index in [-0.39, 0.29) is 5.91 Å². The molecule has 2 heteroatoms. The summed E-state index contributed by atoms with van der Waals surface area (Å²) in [7, 11) is 0. The zero-order chi connectivity index (χ0) is 23.9. The van der Waals surface area contributed by atoms with E-state index in [1.165, 1.54) is 16.7 Å². The second kappa shape index (κ2) is 10.5. The number of hydrogen-bond donors (Lipinski definition) is 1. The summed E-state index contributed by atoms with van der Waals surface area (Å²) in [5.74, 6) is -0.114. The first-order valence-electron chi connectivity index (χ1n) is 11.7. The van der Waals surface area contributed by atoms with Crippen LogP contribution in [0.3, 0.4) is 0 Å². The molecule has 0 fully saturated rings. The van der Waals surface area contributed by atoms with Crippen molar-refractivity contribution in [1.29, 1.82) is 0 Å². The Labute approximate surface area is 206 Å². The highest BCUT2D eigenvalue weighted by Gasteiger charge is 2.09. The molecule has 0 bridgehead atoms. The molecular weight excluding hydrogens is 426 g/mol. The molecule has 0 unspecified atom stereocenters. The van der Waals surface area contributed by atoms with Gasteiger partial charge in [-0.15, -0.1) is 0 Å². The fourth-order valence-electron chi connectivity index (χ4n) is 4.14.